The molecule has 0 aromatic carbocycles. The van der Waals surface area contributed by atoms with Gasteiger partial charge < -0.3 is 0 Å². The van der Waals surface area contributed by atoms with Crippen LogP contribution in [0.4, 0.5) is 0 Å². The first-order valence-electron chi connectivity index (χ1n) is 3.18. The average molecular weight is 149 g/mol. The third-order valence-electron chi connectivity index (χ3n) is 0.309. The lowest BCUT2D eigenvalue weighted by molar-refractivity contribution is 0.745. The van der Waals surface area contributed by atoms with Crippen molar-refractivity contribution in [2.45, 2.75) is 27.7 Å². The normalized spacial score (nSPS) is 8.22. The quantitative estimate of drug-likeness (QED) is 0.395. The lowest BCUT2D eigenvalue weighted by Gasteiger charge is -1.88. The van der Waals surface area contributed by atoms with Gasteiger partial charge in [-0.1, -0.05) is 19.4 Å². The van der Waals surface area contributed by atoms with Crippen LogP contribution < -0.4 is 0 Å². The van der Waals surface area contributed by atoms with Crippen molar-refractivity contribution >= 4 is 11.6 Å². The first-order chi connectivity index (χ1) is 4.00. The van der Waals surface area contributed by atoms with Gasteiger partial charge in [0.1, 0.15) is 0 Å². The molecule has 0 aromatic rings. The third kappa shape index (κ3) is 70.9. The van der Waals surface area contributed by atoms with E-state index in [0.717, 1.165) is 5.88 Å². The van der Waals surface area contributed by atoms with Crippen molar-refractivity contribution in [2.75, 3.05) is 5.88 Å². The number of hydrogen-bond donors (Lipinski definition) is 0. The maximum absolute atomic E-state index is 5.34. The molecule has 1 heteroatoms. The Morgan fingerprint density at radius 1 is 1.44 bits per heavy atom. The molecule has 0 nitrogen and oxygen atoms in total. The molecule has 0 rings (SSSR count). The second-order valence-corrected chi connectivity index (χ2v) is 3.06. The minimum absolute atomic E-state index is 0.650. The standard InChI is InChI=1S/C4H9Cl.C4H8/c1-4(2)3-5;1-4(2)3/h4H,3H2,1-2H3;1H2,2-3H3. The van der Waals surface area contributed by atoms with Crippen LogP contribution in [0.1, 0.15) is 27.7 Å². The largest absolute Gasteiger partial charge is 0.126 e. The number of rotatable bonds is 1. The zero-order valence-corrected chi connectivity index (χ0v) is 7.63. The molecular weight excluding hydrogens is 132 g/mol. The van der Waals surface area contributed by atoms with Crippen LogP contribution in [0.5, 0.6) is 0 Å². The topological polar surface area (TPSA) is 0 Å². The molecular formula is C8H17Cl. The predicted octanol–water partition coefficient (Wildman–Crippen LogP) is 3.46. The van der Waals surface area contributed by atoms with E-state index < -0.39 is 0 Å². The van der Waals surface area contributed by atoms with E-state index in [0.29, 0.717) is 5.92 Å². The van der Waals surface area contributed by atoms with E-state index in [1.165, 1.54) is 5.57 Å². The van der Waals surface area contributed by atoms with Crippen LogP contribution in [-0.4, -0.2) is 5.88 Å². The molecule has 0 aliphatic rings. The molecule has 0 amide bonds. The van der Waals surface area contributed by atoms with Gasteiger partial charge in [0.05, 0.1) is 0 Å². The second-order valence-electron chi connectivity index (χ2n) is 2.76. The van der Waals surface area contributed by atoms with Gasteiger partial charge >= 0.3 is 0 Å². The van der Waals surface area contributed by atoms with Crippen LogP contribution in [-0.2, 0) is 0 Å². The monoisotopic (exact) mass is 148 g/mol. The Hall–Kier alpha value is 0.0300. The van der Waals surface area contributed by atoms with Crippen molar-refractivity contribution in [1.82, 2.24) is 0 Å². The predicted molar refractivity (Wildman–Crippen MR) is 46.0 cm³/mol. The highest BCUT2D eigenvalue weighted by molar-refractivity contribution is 6.17. The molecule has 0 fully saturated rings. The van der Waals surface area contributed by atoms with Gasteiger partial charge in [0.15, 0.2) is 0 Å². The maximum atomic E-state index is 5.34. The average Bonchev–Trinajstić information content (AvgIpc) is 1.65. The van der Waals surface area contributed by atoms with Gasteiger partial charge in [-0.15, -0.1) is 18.2 Å². The molecule has 0 saturated heterocycles. The summed E-state index contributed by atoms with van der Waals surface area (Å²) in [6.07, 6.45) is 0. The van der Waals surface area contributed by atoms with E-state index in [2.05, 4.69) is 20.4 Å². The van der Waals surface area contributed by atoms with Crippen molar-refractivity contribution < 1.29 is 0 Å². The van der Waals surface area contributed by atoms with Crippen molar-refractivity contribution in [3.8, 4) is 0 Å². The molecule has 0 N–H and O–H groups in total. The fourth-order valence-electron chi connectivity index (χ4n) is 0. The summed E-state index contributed by atoms with van der Waals surface area (Å²) >= 11 is 5.34. The SMILES string of the molecule is C=C(C)C.CC(C)CCl. The van der Waals surface area contributed by atoms with E-state index in [9.17, 15) is 0 Å². The maximum Gasteiger partial charge on any atom is 0.0246 e. The minimum Gasteiger partial charge on any atom is -0.126 e. The first-order valence-corrected chi connectivity index (χ1v) is 3.72. The van der Waals surface area contributed by atoms with Gasteiger partial charge in [-0.25, -0.2) is 0 Å². The summed E-state index contributed by atoms with van der Waals surface area (Å²) in [6, 6.07) is 0. The Morgan fingerprint density at radius 2 is 1.56 bits per heavy atom. The molecule has 9 heavy (non-hydrogen) atoms. The van der Waals surface area contributed by atoms with Crippen molar-refractivity contribution in [3.63, 3.8) is 0 Å². The molecule has 0 saturated carbocycles. The smallest absolute Gasteiger partial charge is 0.0246 e. The summed E-state index contributed by atoms with van der Waals surface area (Å²) in [5.41, 5.74) is 1.17. The van der Waals surface area contributed by atoms with Gasteiger partial charge in [0.2, 0.25) is 0 Å². The summed E-state index contributed by atoms with van der Waals surface area (Å²) in [5.74, 6) is 1.43. The van der Waals surface area contributed by atoms with E-state index in [4.69, 9.17) is 11.6 Å². The number of allylic oxidation sites excluding steroid dienone is 1. The Balaban J connectivity index is 0. The second kappa shape index (κ2) is 8.03. The van der Waals surface area contributed by atoms with Crippen molar-refractivity contribution in [2.24, 2.45) is 5.92 Å². The van der Waals surface area contributed by atoms with Gasteiger partial charge in [-0.3, -0.25) is 0 Å². The van der Waals surface area contributed by atoms with E-state index in [-0.39, 0.29) is 0 Å². The lowest BCUT2D eigenvalue weighted by Crippen LogP contribution is -1.83. The molecule has 0 radical (unpaired) electrons. The number of alkyl halides is 1. The third-order valence-corrected chi connectivity index (χ3v) is 0.926. The van der Waals surface area contributed by atoms with Crippen LogP contribution >= 0.6 is 11.6 Å². The minimum atomic E-state index is 0.650. The van der Waals surface area contributed by atoms with E-state index in [1.807, 2.05) is 13.8 Å². The van der Waals surface area contributed by atoms with Gasteiger partial charge in [0.25, 0.3) is 0 Å². The van der Waals surface area contributed by atoms with Crippen LogP contribution in [0.25, 0.3) is 0 Å². The highest BCUT2D eigenvalue weighted by atomic mass is 35.5. The highest BCUT2D eigenvalue weighted by Gasteiger charge is 1.82. The van der Waals surface area contributed by atoms with Gasteiger partial charge in [0, 0.05) is 5.88 Å². The molecule has 0 atom stereocenters. The summed E-state index contributed by atoms with van der Waals surface area (Å²) in [7, 11) is 0. The fourth-order valence-corrected chi connectivity index (χ4v) is 0. The zero-order valence-electron chi connectivity index (χ0n) is 6.87. The molecule has 0 spiro atoms. The van der Waals surface area contributed by atoms with Crippen LogP contribution in [0.3, 0.4) is 0 Å². The summed E-state index contributed by atoms with van der Waals surface area (Å²) in [5, 5.41) is 0. The first kappa shape index (κ1) is 11.8. The Morgan fingerprint density at radius 3 is 1.56 bits per heavy atom. The Kier molecular flexibility index (Phi) is 10.5. The Bertz CT molecular complexity index is 61.0. The van der Waals surface area contributed by atoms with Gasteiger partial charge in [-0.05, 0) is 19.8 Å². The summed E-state index contributed by atoms with van der Waals surface area (Å²) in [4.78, 5) is 0. The number of hydrogen-bond acceptors (Lipinski definition) is 0. The fraction of sp³-hybridized carbons (Fsp3) is 0.750. The van der Waals surface area contributed by atoms with Crippen LogP contribution in [0.2, 0.25) is 0 Å². The Labute approximate surface area is 63.9 Å². The molecule has 0 bridgehead atoms. The zero-order chi connectivity index (χ0) is 7.86. The van der Waals surface area contributed by atoms with Gasteiger partial charge in [-0.2, -0.15) is 0 Å². The van der Waals surface area contributed by atoms with Crippen molar-refractivity contribution in [1.29, 1.82) is 0 Å². The van der Waals surface area contributed by atoms with Crippen LogP contribution in [0.15, 0.2) is 12.2 Å². The molecule has 56 valence electrons. The van der Waals surface area contributed by atoms with E-state index in [1.54, 1.807) is 0 Å². The molecule has 0 heterocycles. The summed E-state index contributed by atoms with van der Waals surface area (Å²) in [6.45, 7) is 11.7. The molecule has 0 unspecified atom stereocenters. The molecule has 0 aliphatic carbocycles. The van der Waals surface area contributed by atoms with Crippen LogP contribution in [0, 0.1) is 5.92 Å². The highest BCUT2D eigenvalue weighted by Crippen LogP contribution is 1.91. The lowest BCUT2D eigenvalue weighted by atomic mass is 10.3. The molecule has 0 aliphatic heterocycles. The number of halogens is 1. The summed E-state index contributed by atoms with van der Waals surface area (Å²) < 4.78 is 0. The van der Waals surface area contributed by atoms with E-state index >= 15 is 0 Å². The molecule has 0 aromatic heterocycles. The van der Waals surface area contributed by atoms with Crippen molar-refractivity contribution in [3.05, 3.63) is 12.2 Å².